The summed E-state index contributed by atoms with van der Waals surface area (Å²) in [5.41, 5.74) is 0. The van der Waals surface area contributed by atoms with Gasteiger partial charge in [0.25, 0.3) is 0 Å². The number of carbonyl (C=O) groups is 1. The number of hydrogen-bond donors (Lipinski definition) is 3. The molecule has 1 fully saturated rings. The van der Waals surface area contributed by atoms with Crippen LogP contribution in [-0.4, -0.2) is 58.9 Å². The van der Waals surface area contributed by atoms with Crippen molar-refractivity contribution in [3.05, 3.63) is 24.3 Å². The van der Waals surface area contributed by atoms with E-state index in [1.165, 1.54) is 25.7 Å². The fraction of sp³-hybridized carbons (Fsp3) is 0.792. The minimum absolute atomic E-state index is 0.0655. The van der Waals surface area contributed by atoms with Gasteiger partial charge in [-0.25, -0.2) is 0 Å². The number of aliphatic hydroxyl groups is 3. The van der Waals surface area contributed by atoms with E-state index in [1.807, 2.05) is 0 Å². The molecule has 1 aliphatic rings. The molecule has 4 unspecified atom stereocenters. The van der Waals surface area contributed by atoms with Crippen molar-refractivity contribution < 1.29 is 29.6 Å². The molecule has 0 bridgehead atoms. The van der Waals surface area contributed by atoms with Crippen molar-refractivity contribution in [3.63, 3.8) is 0 Å². The Kier molecular flexibility index (Phi) is 15.6. The Labute approximate surface area is 182 Å². The molecule has 0 aliphatic carbocycles. The largest absolute Gasteiger partial charge is 0.457 e. The standard InChI is InChI=1S/C24H42O6/c1-2-3-4-5-6-7-8-9-10-11-12-13-14-15-16-17-22(27)30-24-20(26)19-29-21(18-25)23(24)28/h6-7,9-10,20-21,23-26,28H,2-5,8,11-19H2,1H3/b7-6-,10-9-. The molecule has 1 heterocycles. The van der Waals surface area contributed by atoms with Crippen LogP contribution in [0.3, 0.4) is 0 Å². The maximum absolute atomic E-state index is 12.0. The van der Waals surface area contributed by atoms with Crippen molar-refractivity contribution >= 4 is 5.97 Å². The van der Waals surface area contributed by atoms with Gasteiger partial charge in [-0.1, -0.05) is 63.3 Å². The number of hydrogen-bond acceptors (Lipinski definition) is 6. The van der Waals surface area contributed by atoms with Crippen LogP contribution in [0.1, 0.15) is 84.0 Å². The molecule has 1 rings (SSSR count). The van der Waals surface area contributed by atoms with Crippen LogP contribution in [0, 0.1) is 0 Å². The molecule has 6 heteroatoms. The molecule has 174 valence electrons. The first kappa shape index (κ1) is 26.8. The summed E-state index contributed by atoms with van der Waals surface area (Å²) in [5.74, 6) is -0.428. The molecule has 0 saturated carbocycles. The Bertz CT molecular complexity index is 490. The first-order valence-electron chi connectivity index (χ1n) is 11.7. The number of unbranched alkanes of at least 4 members (excludes halogenated alkanes) is 8. The third-order valence-electron chi connectivity index (χ3n) is 5.36. The topological polar surface area (TPSA) is 96.2 Å². The van der Waals surface area contributed by atoms with Gasteiger partial charge in [-0.2, -0.15) is 0 Å². The summed E-state index contributed by atoms with van der Waals surface area (Å²) in [7, 11) is 0. The third kappa shape index (κ3) is 11.8. The van der Waals surface area contributed by atoms with E-state index in [1.54, 1.807) is 0 Å². The van der Waals surface area contributed by atoms with E-state index in [-0.39, 0.29) is 19.6 Å². The Morgan fingerprint density at radius 2 is 1.60 bits per heavy atom. The molecule has 0 aromatic carbocycles. The average Bonchev–Trinajstić information content (AvgIpc) is 2.74. The monoisotopic (exact) mass is 426 g/mol. The minimum Gasteiger partial charge on any atom is -0.457 e. The second kappa shape index (κ2) is 17.5. The van der Waals surface area contributed by atoms with Gasteiger partial charge in [0.1, 0.15) is 18.3 Å². The van der Waals surface area contributed by atoms with E-state index in [9.17, 15) is 15.0 Å². The number of rotatable bonds is 16. The zero-order valence-corrected chi connectivity index (χ0v) is 18.6. The highest BCUT2D eigenvalue weighted by molar-refractivity contribution is 5.69. The van der Waals surface area contributed by atoms with Crippen molar-refractivity contribution in [3.8, 4) is 0 Å². The Balaban J connectivity index is 1.99. The number of esters is 1. The van der Waals surface area contributed by atoms with E-state index < -0.39 is 30.4 Å². The maximum atomic E-state index is 12.0. The van der Waals surface area contributed by atoms with Gasteiger partial charge in [-0.05, 0) is 38.5 Å². The molecule has 1 aliphatic heterocycles. The van der Waals surface area contributed by atoms with Gasteiger partial charge in [-0.3, -0.25) is 4.79 Å². The first-order chi connectivity index (χ1) is 14.6. The number of carbonyl (C=O) groups excluding carboxylic acids is 1. The first-order valence-corrected chi connectivity index (χ1v) is 11.7. The normalized spacial score (nSPS) is 24.7. The van der Waals surface area contributed by atoms with Crippen LogP contribution in [0.25, 0.3) is 0 Å². The van der Waals surface area contributed by atoms with Crippen LogP contribution < -0.4 is 0 Å². The summed E-state index contributed by atoms with van der Waals surface area (Å²) in [4.78, 5) is 12.0. The van der Waals surface area contributed by atoms with Crippen LogP contribution in [-0.2, 0) is 14.3 Å². The lowest BCUT2D eigenvalue weighted by Gasteiger charge is -2.36. The summed E-state index contributed by atoms with van der Waals surface area (Å²) in [5, 5.41) is 29.0. The summed E-state index contributed by atoms with van der Waals surface area (Å²) >= 11 is 0. The SMILES string of the molecule is CCCCC/C=C\C/C=C\CCCCCCCC(=O)OC1C(O)COC(CO)C1O. The van der Waals surface area contributed by atoms with Gasteiger partial charge in [0, 0.05) is 6.42 Å². The zero-order valence-electron chi connectivity index (χ0n) is 18.6. The van der Waals surface area contributed by atoms with Crippen LogP contribution in [0.4, 0.5) is 0 Å². The van der Waals surface area contributed by atoms with Crippen molar-refractivity contribution in [2.75, 3.05) is 13.2 Å². The number of allylic oxidation sites excluding steroid dienone is 4. The van der Waals surface area contributed by atoms with Crippen molar-refractivity contribution in [1.82, 2.24) is 0 Å². The highest BCUT2D eigenvalue weighted by atomic mass is 16.6. The average molecular weight is 427 g/mol. The van der Waals surface area contributed by atoms with E-state index in [4.69, 9.17) is 14.6 Å². The van der Waals surface area contributed by atoms with E-state index >= 15 is 0 Å². The van der Waals surface area contributed by atoms with E-state index in [0.29, 0.717) is 0 Å². The lowest BCUT2D eigenvalue weighted by Crippen LogP contribution is -2.55. The Hall–Kier alpha value is -1.21. The molecular weight excluding hydrogens is 384 g/mol. The van der Waals surface area contributed by atoms with Crippen molar-refractivity contribution in [1.29, 1.82) is 0 Å². The van der Waals surface area contributed by atoms with Crippen LogP contribution >= 0.6 is 0 Å². The van der Waals surface area contributed by atoms with Gasteiger partial charge < -0.3 is 24.8 Å². The second-order valence-corrected chi connectivity index (χ2v) is 8.05. The minimum atomic E-state index is -1.22. The predicted octanol–water partition coefficient (Wildman–Crippen LogP) is 3.82. The molecule has 0 aromatic heterocycles. The molecular formula is C24H42O6. The molecule has 0 spiro atoms. The summed E-state index contributed by atoms with van der Waals surface area (Å²) < 4.78 is 10.3. The lowest BCUT2D eigenvalue weighted by molar-refractivity contribution is -0.213. The summed E-state index contributed by atoms with van der Waals surface area (Å²) in [6, 6.07) is 0. The number of ether oxygens (including phenoxy) is 2. The fourth-order valence-electron chi connectivity index (χ4n) is 3.46. The highest BCUT2D eigenvalue weighted by Gasteiger charge is 2.40. The highest BCUT2D eigenvalue weighted by Crippen LogP contribution is 2.19. The summed E-state index contributed by atoms with van der Waals surface area (Å²) in [6.07, 6.45) is 17.3. The Morgan fingerprint density at radius 3 is 2.27 bits per heavy atom. The van der Waals surface area contributed by atoms with Gasteiger partial charge in [0.15, 0.2) is 6.10 Å². The van der Waals surface area contributed by atoms with Gasteiger partial charge in [0.2, 0.25) is 0 Å². The molecule has 4 atom stereocenters. The lowest BCUT2D eigenvalue weighted by atomic mass is 10.0. The van der Waals surface area contributed by atoms with Crippen molar-refractivity contribution in [2.24, 2.45) is 0 Å². The van der Waals surface area contributed by atoms with Gasteiger partial charge >= 0.3 is 5.97 Å². The molecule has 0 aromatic rings. The second-order valence-electron chi connectivity index (χ2n) is 8.05. The molecule has 30 heavy (non-hydrogen) atoms. The fourth-order valence-corrected chi connectivity index (χ4v) is 3.46. The molecule has 0 amide bonds. The third-order valence-corrected chi connectivity index (χ3v) is 5.36. The van der Waals surface area contributed by atoms with Gasteiger partial charge in [0.05, 0.1) is 13.2 Å². The maximum Gasteiger partial charge on any atom is 0.306 e. The smallest absolute Gasteiger partial charge is 0.306 e. The molecule has 1 saturated heterocycles. The van der Waals surface area contributed by atoms with Crippen molar-refractivity contribution in [2.45, 2.75) is 108 Å². The summed E-state index contributed by atoms with van der Waals surface area (Å²) in [6.45, 7) is 1.78. The quantitative estimate of drug-likeness (QED) is 0.197. The number of aliphatic hydroxyl groups excluding tert-OH is 3. The Morgan fingerprint density at radius 1 is 0.967 bits per heavy atom. The van der Waals surface area contributed by atoms with Crippen LogP contribution in [0.2, 0.25) is 0 Å². The van der Waals surface area contributed by atoms with Crippen LogP contribution in [0.15, 0.2) is 24.3 Å². The molecule has 6 nitrogen and oxygen atoms in total. The molecule has 0 radical (unpaired) electrons. The molecule has 3 N–H and O–H groups in total. The zero-order chi connectivity index (χ0) is 22.0. The van der Waals surface area contributed by atoms with Crippen LogP contribution in [0.5, 0.6) is 0 Å². The van der Waals surface area contributed by atoms with E-state index in [2.05, 4.69) is 31.2 Å². The predicted molar refractivity (Wildman–Crippen MR) is 118 cm³/mol. The van der Waals surface area contributed by atoms with E-state index in [0.717, 1.165) is 44.9 Å². The van der Waals surface area contributed by atoms with Gasteiger partial charge in [-0.15, -0.1) is 0 Å².